The molecular formula is C91H101NO20. The van der Waals surface area contributed by atoms with Crippen LogP contribution in [0.4, 0.5) is 0 Å². The van der Waals surface area contributed by atoms with Gasteiger partial charge in [-0.1, -0.05) is 198 Å². The zero-order chi connectivity index (χ0) is 78.6. The highest BCUT2D eigenvalue weighted by Crippen LogP contribution is 2.44. The lowest BCUT2D eigenvalue weighted by Gasteiger charge is -2.48. The maximum atomic E-state index is 14.4. The van der Waals surface area contributed by atoms with Gasteiger partial charge in [-0.2, -0.15) is 0 Å². The minimum absolute atomic E-state index is 0.0303. The topological polar surface area (TPSA) is 254 Å². The quantitative estimate of drug-likeness (QED) is 0.0163. The molecule has 8 aromatic rings. The standard InChI is InChI=1S/C91H101NO20/c1-62-80(109-86(98)66-37-21-13-22-38-66)83(112-90-63(2)81(110-87(99)67-39-23-14-24-40-67)82(111-88(100)68-41-25-15-26-42-68)77(108-90)60-104-84(96)64-33-17-11-18-34-64)78(61-105-85(97)65-35-19-12-20-36-65)107-89(62)103-56-32-10-6-5-7-29-45-73(93)46-30-8-9-31-47-79(95)92-58-74(94)57-72(92)59-106-91(69-43-27-16-28-44-69,70-48-52-75(101-3)53-49-70)71-50-54-76(102-4)55-51-71/h11-28,33-44,48-55,62-63,72,74,77-78,80-83,89-90,94H,5-10,29-32,45-47,56-61H2,1-4H3/t62?,63?,72-,74+,77?,78?,80?,81?,82?,83?,89?,90?/m0/s1. The first kappa shape index (κ1) is 82.6. The fraction of sp³-hybridized carbons (Fsp3) is 0.396. The van der Waals surface area contributed by atoms with E-state index in [2.05, 4.69) is 0 Å². The summed E-state index contributed by atoms with van der Waals surface area (Å²) in [5.74, 6) is -3.76. The summed E-state index contributed by atoms with van der Waals surface area (Å²) in [5, 5.41) is 11.0. The van der Waals surface area contributed by atoms with Crippen LogP contribution in [0, 0.1) is 11.8 Å². The maximum Gasteiger partial charge on any atom is 0.338 e. The molecule has 10 unspecified atom stereocenters. The lowest BCUT2D eigenvalue weighted by atomic mass is 9.80. The number of carbonyl (C=O) groups is 7. The van der Waals surface area contributed by atoms with Gasteiger partial charge in [-0.05, 0) is 134 Å². The molecule has 0 aliphatic carbocycles. The summed E-state index contributed by atoms with van der Waals surface area (Å²) in [7, 11) is 3.26. The second-order valence-corrected chi connectivity index (χ2v) is 28.6. The lowest BCUT2D eigenvalue weighted by Crippen LogP contribution is -2.63. The van der Waals surface area contributed by atoms with Crippen molar-refractivity contribution in [3.05, 3.63) is 275 Å². The largest absolute Gasteiger partial charge is 0.497 e. The lowest BCUT2D eigenvalue weighted by molar-refractivity contribution is -0.343. The second kappa shape index (κ2) is 41.8. The van der Waals surface area contributed by atoms with Gasteiger partial charge in [0.1, 0.15) is 66.6 Å². The third kappa shape index (κ3) is 22.3. The van der Waals surface area contributed by atoms with Crippen molar-refractivity contribution in [2.75, 3.05) is 47.2 Å². The van der Waals surface area contributed by atoms with Gasteiger partial charge in [0.25, 0.3) is 0 Å². The first-order valence-electron chi connectivity index (χ1n) is 38.9. The SMILES string of the molecule is COc1ccc(C(OC[C@@H]2C[C@@H](O)CN2C(=O)CCCCCCC(=O)CCCCCCCCOC2OC(COC(=O)c3ccccc3)C(OC3OC(COC(=O)c4ccccc4)C(OC(=O)c4ccccc4)C(OC(=O)c4ccccc4)C3C)C(OC(=O)c3ccccc3)C2C)(c2ccccc2)c2ccc(OC)cc2)cc1. The average molecular weight is 1530 g/mol. The fourth-order valence-corrected chi connectivity index (χ4v) is 14.6. The number of aliphatic hydroxyl groups excluding tert-OH is 1. The van der Waals surface area contributed by atoms with E-state index in [1.54, 1.807) is 185 Å². The Morgan fingerprint density at radius 1 is 0.411 bits per heavy atom. The summed E-state index contributed by atoms with van der Waals surface area (Å²) < 4.78 is 76.3. The molecule has 0 radical (unpaired) electrons. The summed E-state index contributed by atoms with van der Waals surface area (Å²) in [6, 6.07) is 66.8. The third-order valence-corrected chi connectivity index (χ3v) is 20.8. The summed E-state index contributed by atoms with van der Waals surface area (Å²) in [4.78, 5) is 99.0. The summed E-state index contributed by atoms with van der Waals surface area (Å²) in [6.07, 6.45) is -1.34. The van der Waals surface area contributed by atoms with Crippen LogP contribution in [0.25, 0.3) is 0 Å². The van der Waals surface area contributed by atoms with E-state index in [1.807, 2.05) is 78.9 Å². The smallest absolute Gasteiger partial charge is 0.338 e. The highest BCUT2D eigenvalue weighted by atomic mass is 16.7. The van der Waals surface area contributed by atoms with Crippen molar-refractivity contribution >= 4 is 41.5 Å². The molecule has 21 heteroatoms. The maximum absolute atomic E-state index is 14.4. The molecular weight excluding hydrogens is 1430 g/mol. The van der Waals surface area contributed by atoms with E-state index in [0.717, 1.165) is 68.1 Å². The van der Waals surface area contributed by atoms with Crippen molar-refractivity contribution < 1.29 is 95.5 Å². The molecule has 21 nitrogen and oxygen atoms in total. The minimum atomic E-state index is -1.42. The van der Waals surface area contributed by atoms with Crippen LogP contribution in [0.5, 0.6) is 11.5 Å². The Morgan fingerprint density at radius 2 is 0.777 bits per heavy atom. The van der Waals surface area contributed by atoms with E-state index >= 15 is 0 Å². The van der Waals surface area contributed by atoms with Gasteiger partial charge >= 0.3 is 29.8 Å². The molecule has 0 aromatic heterocycles. The monoisotopic (exact) mass is 1530 g/mol. The molecule has 12 atom stereocenters. The Labute approximate surface area is 655 Å². The van der Waals surface area contributed by atoms with Crippen molar-refractivity contribution in [3.63, 3.8) is 0 Å². The van der Waals surface area contributed by atoms with Crippen LogP contribution < -0.4 is 9.47 Å². The number of likely N-dealkylation sites (tertiary alicyclic amines) is 1. The zero-order valence-electron chi connectivity index (χ0n) is 64.0. The molecule has 3 aliphatic rings. The van der Waals surface area contributed by atoms with Crippen molar-refractivity contribution in [2.24, 2.45) is 11.8 Å². The molecule has 11 rings (SSSR count). The van der Waals surface area contributed by atoms with E-state index in [4.69, 9.17) is 56.8 Å². The van der Waals surface area contributed by atoms with E-state index in [9.17, 15) is 38.7 Å². The number of unbranched alkanes of at least 4 members (excludes halogenated alkanes) is 8. The number of ether oxygens (including phenoxy) is 12. The van der Waals surface area contributed by atoms with Crippen LogP contribution in [-0.4, -0.2) is 160 Å². The van der Waals surface area contributed by atoms with Crippen LogP contribution in [0.15, 0.2) is 231 Å². The van der Waals surface area contributed by atoms with E-state index in [0.29, 0.717) is 50.0 Å². The number of aliphatic hydroxyl groups is 1. The Balaban J connectivity index is 0.680. The number of esters is 5. The van der Waals surface area contributed by atoms with Crippen molar-refractivity contribution in [1.29, 1.82) is 0 Å². The minimum Gasteiger partial charge on any atom is -0.497 e. The number of hydrogen-bond donors (Lipinski definition) is 1. The molecule has 8 aromatic carbocycles. The molecule has 112 heavy (non-hydrogen) atoms. The number of benzene rings is 8. The summed E-state index contributed by atoms with van der Waals surface area (Å²) in [5.41, 5.74) is 2.70. The molecule has 0 saturated carbocycles. The van der Waals surface area contributed by atoms with Gasteiger partial charge in [0.05, 0.1) is 60.8 Å². The number of nitrogens with zero attached hydrogens (tertiary/aromatic N) is 1. The number of carbonyl (C=O) groups excluding carboxylic acids is 7. The molecule has 1 amide bonds. The molecule has 0 spiro atoms. The summed E-state index contributed by atoms with van der Waals surface area (Å²) in [6.45, 7) is 3.17. The molecule has 3 fully saturated rings. The van der Waals surface area contributed by atoms with Gasteiger partial charge in [0, 0.05) is 44.2 Å². The first-order valence-corrected chi connectivity index (χ1v) is 38.9. The number of Topliss-reactive ketones (excluding diaryl/α,β-unsaturated/α-hetero) is 1. The number of rotatable bonds is 39. The molecule has 3 saturated heterocycles. The van der Waals surface area contributed by atoms with Gasteiger partial charge in [0.15, 0.2) is 18.7 Å². The van der Waals surface area contributed by atoms with Crippen molar-refractivity contribution in [1.82, 2.24) is 4.90 Å². The molecule has 3 aliphatic heterocycles. The number of hydrogen-bond acceptors (Lipinski definition) is 20. The average Bonchev–Trinajstić information content (AvgIpc) is 0.969. The Hall–Kier alpha value is -10.4. The van der Waals surface area contributed by atoms with E-state index < -0.39 is 116 Å². The van der Waals surface area contributed by atoms with Crippen LogP contribution in [0.3, 0.4) is 0 Å². The Kier molecular flexibility index (Phi) is 30.8. The number of methoxy groups -OCH3 is 2. The summed E-state index contributed by atoms with van der Waals surface area (Å²) >= 11 is 0. The van der Waals surface area contributed by atoms with Gasteiger partial charge in [-0.3, -0.25) is 9.59 Å². The van der Waals surface area contributed by atoms with Gasteiger partial charge in [0.2, 0.25) is 5.91 Å². The zero-order valence-corrected chi connectivity index (χ0v) is 64.0. The van der Waals surface area contributed by atoms with Crippen LogP contribution in [0.2, 0.25) is 0 Å². The van der Waals surface area contributed by atoms with Gasteiger partial charge < -0.3 is 66.8 Å². The van der Waals surface area contributed by atoms with Gasteiger partial charge in [-0.25, -0.2) is 24.0 Å². The van der Waals surface area contributed by atoms with E-state index in [1.165, 1.54) is 0 Å². The Morgan fingerprint density at radius 3 is 1.23 bits per heavy atom. The van der Waals surface area contributed by atoms with Crippen molar-refractivity contribution in [2.45, 2.75) is 171 Å². The molecule has 590 valence electrons. The first-order chi connectivity index (χ1) is 54.6. The highest BCUT2D eigenvalue weighted by molar-refractivity contribution is 5.92. The molecule has 3 heterocycles. The van der Waals surface area contributed by atoms with E-state index in [-0.39, 0.29) is 65.3 Å². The van der Waals surface area contributed by atoms with Crippen molar-refractivity contribution in [3.8, 4) is 11.5 Å². The van der Waals surface area contributed by atoms with Crippen LogP contribution >= 0.6 is 0 Å². The number of amides is 1. The third-order valence-electron chi connectivity index (χ3n) is 20.8. The predicted molar refractivity (Wildman–Crippen MR) is 416 cm³/mol. The highest BCUT2D eigenvalue weighted by Gasteiger charge is 2.55. The molecule has 1 N–H and O–H groups in total. The normalized spacial score (nSPS) is 21.5. The van der Waals surface area contributed by atoms with Gasteiger partial charge in [-0.15, -0.1) is 0 Å². The Bertz CT molecular complexity index is 4210. The molecule has 0 bridgehead atoms. The fourth-order valence-electron chi connectivity index (χ4n) is 14.6. The second-order valence-electron chi connectivity index (χ2n) is 28.6. The number of ketones is 1. The predicted octanol–water partition coefficient (Wildman–Crippen LogP) is 15.1. The van der Waals surface area contributed by atoms with Crippen LogP contribution in [-0.2, 0) is 62.6 Å². The van der Waals surface area contributed by atoms with Crippen LogP contribution in [0.1, 0.15) is 172 Å². The number of β-amino-alcohol motifs (C(OH)–C–C–N with tert-alkyl or cyclic N) is 1.